The van der Waals surface area contributed by atoms with E-state index in [1.165, 1.54) is 20.3 Å². The summed E-state index contributed by atoms with van der Waals surface area (Å²) in [4.78, 5) is 23.8. The number of aliphatic hydroxyl groups is 1. The third-order valence-corrected chi connectivity index (χ3v) is 5.54. The number of hydrogen-bond acceptors (Lipinski definition) is 6. The molecule has 7 nitrogen and oxygen atoms in total. The molecule has 0 aromatic carbocycles. The number of carbonyl (C=O) groups excluding carboxylic acids is 2. The van der Waals surface area contributed by atoms with Crippen molar-refractivity contribution in [3.63, 3.8) is 0 Å². The summed E-state index contributed by atoms with van der Waals surface area (Å²) < 4.78 is 11.8. The van der Waals surface area contributed by atoms with E-state index in [-0.39, 0.29) is 18.4 Å². The van der Waals surface area contributed by atoms with Gasteiger partial charge in [-0.05, 0) is 33.1 Å². The van der Waals surface area contributed by atoms with Gasteiger partial charge in [0.15, 0.2) is 0 Å². The van der Waals surface area contributed by atoms with Crippen molar-refractivity contribution in [3.05, 3.63) is 0 Å². The summed E-state index contributed by atoms with van der Waals surface area (Å²) in [5.41, 5.74) is 0. The van der Waals surface area contributed by atoms with Crippen LogP contribution in [0.2, 0.25) is 0 Å². The average molecular weight is 336 g/mol. The first kappa shape index (κ1) is 21.2. The fourth-order valence-corrected chi connectivity index (χ4v) is 3.35. The second-order valence-corrected chi connectivity index (χ2v) is 9.61. The summed E-state index contributed by atoms with van der Waals surface area (Å²) in [6.07, 6.45) is 0.640. The molecule has 0 aliphatic carbocycles. The molecule has 8 heteroatoms. The molecule has 1 amide bonds. The molecule has 0 rings (SSSR count). The van der Waals surface area contributed by atoms with E-state index in [2.05, 4.69) is 5.32 Å². The lowest BCUT2D eigenvalue weighted by Gasteiger charge is -2.28. The van der Waals surface area contributed by atoms with Crippen molar-refractivity contribution in [2.75, 3.05) is 20.0 Å². The molecule has 22 heavy (non-hydrogen) atoms. The Morgan fingerprint density at radius 1 is 1.27 bits per heavy atom. The zero-order valence-corrected chi connectivity index (χ0v) is 15.1. The highest BCUT2D eigenvalue weighted by atomic mass is 31.2. The van der Waals surface area contributed by atoms with Crippen LogP contribution in [0.15, 0.2) is 0 Å². The molecule has 4 unspecified atom stereocenters. The fourth-order valence-electron chi connectivity index (χ4n) is 2.17. The summed E-state index contributed by atoms with van der Waals surface area (Å²) in [5.74, 6) is -3.10. The predicted octanol–water partition coefficient (Wildman–Crippen LogP) is 1.33. The molecule has 0 aliphatic rings. The van der Waals surface area contributed by atoms with Crippen LogP contribution in [-0.4, -0.2) is 59.0 Å². The van der Waals surface area contributed by atoms with Gasteiger partial charge in [0, 0.05) is 6.04 Å². The summed E-state index contributed by atoms with van der Waals surface area (Å²) in [6, 6.07) is -0.567. The standard InChI is InChI=1S/C14H29N2O5P/c1-7-9(2)12(11(4)17)13(18)16(20)8-15-10(3)14(19)22(5,6)21/h9-10,12,14-15,19-20H,7-8H2,1-6H3. The Labute approximate surface area is 132 Å². The molecular weight excluding hydrogens is 307 g/mol. The topological polar surface area (TPSA) is 107 Å². The Morgan fingerprint density at radius 2 is 1.77 bits per heavy atom. The molecule has 130 valence electrons. The summed E-state index contributed by atoms with van der Waals surface area (Å²) >= 11 is 0. The van der Waals surface area contributed by atoms with Gasteiger partial charge < -0.3 is 9.67 Å². The molecular formula is C14H29N2O5P. The zero-order valence-electron chi connectivity index (χ0n) is 14.2. The lowest BCUT2D eigenvalue weighted by atomic mass is 9.88. The maximum atomic E-state index is 12.2. The number of nitrogens with one attached hydrogen (secondary N) is 1. The molecule has 0 saturated carbocycles. The molecule has 0 spiro atoms. The minimum absolute atomic E-state index is 0.172. The number of nitrogens with zero attached hydrogens (tertiary/aromatic N) is 1. The van der Waals surface area contributed by atoms with Gasteiger partial charge in [-0.2, -0.15) is 0 Å². The van der Waals surface area contributed by atoms with Crippen molar-refractivity contribution < 1.29 is 24.5 Å². The van der Waals surface area contributed by atoms with Gasteiger partial charge in [-0.25, -0.2) is 5.06 Å². The first-order valence-corrected chi connectivity index (χ1v) is 10.1. The minimum Gasteiger partial charge on any atom is -0.384 e. The fraction of sp³-hybridized carbons (Fsp3) is 0.857. The quantitative estimate of drug-likeness (QED) is 0.193. The predicted molar refractivity (Wildman–Crippen MR) is 85.2 cm³/mol. The molecule has 0 radical (unpaired) electrons. The van der Waals surface area contributed by atoms with Crippen molar-refractivity contribution in [3.8, 4) is 0 Å². The Morgan fingerprint density at radius 3 is 2.14 bits per heavy atom. The van der Waals surface area contributed by atoms with Crippen molar-refractivity contribution in [2.45, 2.75) is 46.0 Å². The van der Waals surface area contributed by atoms with Crippen LogP contribution in [0.4, 0.5) is 0 Å². The first-order chi connectivity index (χ1) is 9.93. The smallest absolute Gasteiger partial charge is 0.257 e. The van der Waals surface area contributed by atoms with Crippen molar-refractivity contribution in [1.29, 1.82) is 0 Å². The molecule has 0 bridgehead atoms. The highest BCUT2D eigenvalue weighted by Gasteiger charge is 2.32. The molecule has 0 heterocycles. The van der Waals surface area contributed by atoms with Crippen LogP contribution in [0, 0.1) is 11.8 Å². The number of amides is 1. The summed E-state index contributed by atoms with van der Waals surface area (Å²) in [6.45, 7) is 9.26. The number of ketones is 1. The Bertz CT molecular complexity index is 437. The Hall–Kier alpha value is -0.750. The van der Waals surface area contributed by atoms with Crippen LogP contribution in [0.25, 0.3) is 0 Å². The third-order valence-electron chi connectivity index (χ3n) is 3.82. The van der Waals surface area contributed by atoms with Gasteiger partial charge >= 0.3 is 0 Å². The molecule has 0 fully saturated rings. The molecule has 0 saturated heterocycles. The largest absolute Gasteiger partial charge is 0.384 e. The van der Waals surface area contributed by atoms with Gasteiger partial charge in [-0.1, -0.05) is 20.3 Å². The van der Waals surface area contributed by atoms with E-state index in [0.29, 0.717) is 11.5 Å². The first-order valence-electron chi connectivity index (χ1n) is 7.40. The lowest BCUT2D eigenvalue weighted by molar-refractivity contribution is -0.175. The SMILES string of the molecule is CCC(C)C(C(C)=O)C(=O)N(O)CNC(C)C(O)P(C)(C)=O. The monoisotopic (exact) mass is 336 g/mol. The van der Waals surface area contributed by atoms with E-state index in [1.807, 2.05) is 6.92 Å². The van der Waals surface area contributed by atoms with E-state index in [1.54, 1.807) is 13.8 Å². The normalized spacial score (nSPS) is 17.5. The lowest BCUT2D eigenvalue weighted by Crippen LogP contribution is -2.48. The van der Waals surface area contributed by atoms with Crippen molar-refractivity contribution in [1.82, 2.24) is 10.4 Å². The molecule has 0 aromatic rings. The van der Waals surface area contributed by atoms with E-state index >= 15 is 0 Å². The number of rotatable bonds is 9. The van der Waals surface area contributed by atoms with Crippen LogP contribution in [0.3, 0.4) is 0 Å². The van der Waals surface area contributed by atoms with Gasteiger partial charge in [-0.3, -0.25) is 20.1 Å². The number of aliphatic hydroxyl groups excluding tert-OH is 1. The van der Waals surface area contributed by atoms with Gasteiger partial charge in [0.1, 0.15) is 24.7 Å². The number of Topliss-reactive ketones (excluding diaryl/α,β-unsaturated/α-hetero) is 1. The Kier molecular flexibility index (Phi) is 8.47. The van der Waals surface area contributed by atoms with Crippen LogP contribution in [0.1, 0.15) is 34.1 Å². The van der Waals surface area contributed by atoms with Crippen LogP contribution >= 0.6 is 7.14 Å². The van der Waals surface area contributed by atoms with E-state index in [9.17, 15) is 24.5 Å². The molecule has 4 atom stereocenters. The molecule has 0 aromatic heterocycles. The van der Waals surface area contributed by atoms with Gasteiger partial charge in [0.25, 0.3) is 5.91 Å². The average Bonchev–Trinajstić information content (AvgIpc) is 2.41. The molecule has 0 aliphatic heterocycles. The van der Waals surface area contributed by atoms with Crippen molar-refractivity contribution in [2.24, 2.45) is 11.8 Å². The number of carbonyl (C=O) groups is 2. The summed E-state index contributed by atoms with van der Waals surface area (Å²) in [7, 11) is -2.70. The maximum Gasteiger partial charge on any atom is 0.257 e. The highest BCUT2D eigenvalue weighted by Crippen LogP contribution is 2.42. The second kappa shape index (κ2) is 8.77. The summed E-state index contributed by atoms with van der Waals surface area (Å²) in [5, 5.41) is 22.9. The van der Waals surface area contributed by atoms with E-state index in [4.69, 9.17) is 0 Å². The zero-order chi connectivity index (χ0) is 17.7. The number of hydrogen-bond donors (Lipinski definition) is 3. The van der Waals surface area contributed by atoms with Crippen LogP contribution < -0.4 is 5.32 Å². The molecule has 3 N–H and O–H groups in total. The van der Waals surface area contributed by atoms with Crippen molar-refractivity contribution >= 4 is 18.8 Å². The second-order valence-electron chi connectivity index (χ2n) is 6.21. The van der Waals surface area contributed by atoms with Gasteiger partial charge in [-0.15, -0.1) is 0 Å². The minimum atomic E-state index is -2.70. The third kappa shape index (κ3) is 6.16. The van der Waals surface area contributed by atoms with Gasteiger partial charge in [0.2, 0.25) is 0 Å². The Balaban J connectivity index is 4.71. The maximum absolute atomic E-state index is 12.2. The van der Waals surface area contributed by atoms with E-state index < -0.39 is 30.9 Å². The van der Waals surface area contributed by atoms with Crippen LogP contribution in [-0.2, 0) is 14.2 Å². The number of hydroxylamine groups is 2. The van der Waals surface area contributed by atoms with Crippen LogP contribution in [0.5, 0.6) is 0 Å². The highest BCUT2D eigenvalue weighted by molar-refractivity contribution is 7.62. The van der Waals surface area contributed by atoms with Gasteiger partial charge in [0.05, 0.1) is 6.67 Å². The van der Waals surface area contributed by atoms with E-state index in [0.717, 1.165) is 0 Å².